The molecule has 16 heteroatoms. The molecule has 0 spiro atoms. The Morgan fingerprint density at radius 3 is 2.54 bits per heavy atom. The number of aromatic nitrogens is 9. The number of ether oxygens (including phenoxy) is 1. The van der Waals surface area contributed by atoms with Gasteiger partial charge >= 0.3 is 6.09 Å². The number of anilines is 1. The number of rotatable bonds is 7. The zero-order valence-electron chi connectivity index (χ0n) is 19.2. The fraction of sp³-hybridized carbons (Fsp3) is 0.474. The number of aromatic amines is 2. The van der Waals surface area contributed by atoms with Crippen LogP contribution in [0.3, 0.4) is 0 Å². The maximum atomic E-state index is 13.8. The van der Waals surface area contributed by atoms with E-state index in [1.54, 1.807) is 32.9 Å². The number of amides is 3. The molecule has 0 aromatic carbocycles. The van der Waals surface area contributed by atoms with Crippen molar-refractivity contribution in [3.63, 3.8) is 0 Å². The third-order valence-electron chi connectivity index (χ3n) is 4.94. The van der Waals surface area contributed by atoms with E-state index in [-0.39, 0.29) is 31.0 Å². The Bertz CT molecular complexity index is 1170. The molecule has 4 rings (SSSR count). The first kappa shape index (κ1) is 23.7. The third kappa shape index (κ3) is 5.71. The lowest BCUT2D eigenvalue weighted by Gasteiger charge is -2.29. The molecule has 0 bridgehead atoms. The monoisotopic (exact) mass is 484 g/mol. The zero-order valence-corrected chi connectivity index (χ0v) is 19.2. The third-order valence-corrected chi connectivity index (χ3v) is 4.94. The number of nitrogens with zero attached hydrogens (tertiary/aromatic N) is 8. The van der Waals surface area contributed by atoms with Crippen LogP contribution in [0.5, 0.6) is 0 Å². The van der Waals surface area contributed by atoms with E-state index < -0.39 is 35.6 Å². The van der Waals surface area contributed by atoms with Crippen molar-refractivity contribution in [3.8, 4) is 0 Å². The SMILES string of the molecule is CC(C)(C)OC(=O)N[C@@H](Cc1nn[nH]n1)C(=O)N1c2ncccc2CC1C(=O)NCc1nn[nH]n1. The van der Waals surface area contributed by atoms with Crippen molar-refractivity contribution in [2.75, 3.05) is 4.90 Å². The van der Waals surface area contributed by atoms with E-state index >= 15 is 0 Å². The van der Waals surface area contributed by atoms with Crippen LogP contribution in [-0.2, 0) is 33.7 Å². The van der Waals surface area contributed by atoms with E-state index in [0.717, 1.165) is 0 Å². The van der Waals surface area contributed by atoms with Gasteiger partial charge in [0.05, 0.1) is 6.54 Å². The molecule has 0 aliphatic carbocycles. The molecule has 35 heavy (non-hydrogen) atoms. The first-order chi connectivity index (χ1) is 16.7. The number of hydrogen-bond donors (Lipinski definition) is 4. The van der Waals surface area contributed by atoms with Gasteiger partial charge in [0.25, 0.3) is 5.91 Å². The topological polar surface area (TPSA) is 210 Å². The number of nitrogens with one attached hydrogen (secondary N) is 4. The van der Waals surface area contributed by atoms with Gasteiger partial charge in [-0.2, -0.15) is 10.4 Å². The average molecular weight is 484 g/mol. The zero-order chi connectivity index (χ0) is 25.0. The molecule has 184 valence electrons. The van der Waals surface area contributed by atoms with Gasteiger partial charge in [0.2, 0.25) is 5.91 Å². The van der Waals surface area contributed by atoms with E-state index in [0.29, 0.717) is 11.4 Å². The van der Waals surface area contributed by atoms with Crippen LogP contribution in [0.1, 0.15) is 38.0 Å². The van der Waals surface area contributed by atoms with Gasteiger partial charge in [0.1, 0.15) is 23.5 Å². The number of hydrogen-bond acceptors (Lipinski definition) is 11. The lowest BCUT2D eigenvalue weighted by atomic mass is 10.1. The molecule has 3 amide bonds. The predicted octanol–water partition coefficient (Wildman–Crippen LogP) is -1.18. The largest absolute Gasteiger partial charge is 0.444 e. The summed E-state index contributed by atoms with van der Waals surface area (Å²) >= 11 is 0. The molecule has 1 unspecified atom stereocenters. The van der Waals surface area contributed by atoms with E-state index in [1.807, 2.05) is 0 Å². The average Bonchev–Trinajstić information content (AvgIpc) is 3.56. The summed E-state index contributed by atoms with van der Waals surface area (Å²) in [4.78, 5) is 45.0. The minimum Gasteiger partial charge on any atom is -0.444 e. The summed E-state index contributed by atoms with van der Waals surface area (Å²) in [7, 11) is 0. The summed E-state index contributed by atoms with van der Waals surface area (Å²) in [5.41, 5.74) is -0.0837. The first-order valence-corrected chi connectivity index (χ1v) is 10.7. The van der Waals surface area contributed by atoms with Crippen molar-refractivity contribution in [1.29, 1.82) is 0 Å². The summed E-state index contributed by atoms with van der Waals surface area (Å²) < 4.78 is 5.32. The highest BCUT2D eigenvalue weighted by Gasteiger charge is 2.42. The highest BCUT2D eigenvalue weighted by molar-refractivity contribution is 6.05. The van der Waals surface area contributed by atoms with Gasteiger partial charge < -0.3 is 15.4 Å². The molecule has 4 N–H and O–H groups in total. The van der Waals surface area contributed by atoms with E-state index in [1.165, 1.54) is 11.1 Å². The quantitative estimate of drug-likeness (QED) is 0.313. The van der Waals surface area contributed by atoms with Crippen LogP contribution in [0, 0.1) is 0 Å². The van der Waals surface area contributed by atoms with Gasteiger partial charge in [-0.05, 0) is 32.4 Å². The summed E-state index contributed by atoms with van der Waals surface area (Å²) in [5, 5.41) is 32.2. The van der Waals surface area contributed by atoms with E-state index in [2.05, 4.69) is 56.9 Å². The summed E-state index contributed by atoms with van der Waals surface area (Å²) in [6, 6.07) is 1.41. The van der Waals surface area contributed by atoms with Crippen LogP contribution in [0.4, 0.5) is 10.6 Å². The molecular weight excluding hydrogens is 460 g/mol. The Morgan fingerprint density at radius 1 is 1.17 bits per heavy atom. The number of alkyl carbamates (subject to hydrolysis) is 1. The van der Waals surface area contributed by atoms with Crippen molar-refractivity contribution in [2.24, 2.45) is 0 Å². The maximum Gasteiger partial charge on any atom is 0.408 e. The number of fused-ring (bicyclic) bond motifs is 1. The number of pyridine rings is 1. The second kappa shape index (κ2) is 9.78. The summed E-state index contributed by atoms with van der Waals surface area (Å²) in [6.45, 7) is 5.12. The lowest BCUT2D eigenvalue weighted by Crippen LogP contribution is -2.56. The minimum absolute atomic E-state index is 0.0140. The highest BCUT2D eigenvalue weighted by atomic mass is 16.6. The number of carbonyl (C=O) groups is 3. The molecule has 1 aliphatic heterocycles. The normalized spacial score (nSPS) is 15.9. The molecule has 1 aliphatic rings. The van der Waals surface area contributed by atoms with Gasteiger partial charge in [-0.25, -0.2) is 9.78 Å². The standard InChI is InChI=1S/C19H24N12O4/c1-19(2,3)35-18(34)22-11(8-13-23-27-28-24-13)17(33)31-12(7-10-5-4-6-20-15(10)31)16(32)21-9-14-25-29-30-26-14/h4-6,11-12H,7-9H2,1-3H3,(H,21,32)(H,22,34)(H,23,24,27,28)(H,25,26,29,30)/t11-,12?/m0/s1. The van der Waals surface area contributed by atoms with Gasteiger partial charge in [0.15, 0.2) is 11.6 Å². The molecule has 0 fully saturated rings. The van der Waals surface area contributed by atoms with Crippen LogP contribution in [-0.4, -0.2) is 81.8 Å². The molecular formula is C19H24N12O4. The van der Waals surface area contributed by atoms with Crippen molar-refractivity contribution in [1.82, 2.24) is 56.9 Å². The van der Waals surface area contributed by atoms with E-state index in [4.69, 9.17) is 4.74 Å². The molecule has 16 nitrogen and oxygen atoms in total. The second-order valence-electron chi connectivity index (χ2n) is 8.69. The molecule has 4 heterocycles. The van der Waals surface area contributed by atoms with Gasteiger partial charge in [-0.3, -0.25) is 14.5 Å². The Morgan fingerprint density at radius 2 is 1.89 bits per heavy atom. The smallest absolute Gasteiger partial charge is 0.408 e. The molecule has 0 saturated carbocycles. The van der Waals surface area contributed by atoms with Crippen LogP contribution in [0.2, 0.25) is 0 Å². The summed E-state index contributed by atoms with van der Waals surface area (Å²) in [6.07, 6.45) is 0.852. The van der Waals surface area contributed by atoms with Gasteiger partial charge in [-0.1, -0.05) is 16.5 Å². The van der Waals surface area contributed by atoms with Crippen LogP contribution in [0.15, 0.2) is 18.3 Å². The van der Waals surface area contributed by atoms with Crippen molar-refractivity contribution >= 4 is 23.7 Å². The Hall–Kier alpha value is -4.50. The van der Waals surface area contributed by atoms with Crippen molar-refractivity contribution < 1.29 is 19.1 Å². The Kier molecular flexibility index (Phi) is 6.61. The number of H-pyrrole nitrogens is 2. The van der Waals surface area contributed by atoms with Crippen molar-refractivity contribution in [3.05, 3.63) is 35.5 Å². The molecule has 3 aromatic heterocycles. The number of tetrazole rings is 2. The van der Waals surface area contributed by atoms with Crippen LogP contribution >= 0.6 is 0 Å². The first-order valence-electron chi connectivity index (χ1n) is 10.7. The molecule has 2 atom stereocenters. The lowest BCUT2D eigenvalue weighted by molar-refractivity contribution is -0.127. The van der Waals surface area contributed by atoms with Gasteiger partial charge in [-0.15, -0.1) is 20.4 Å². The molecule has 0 radical (unpaired) electrons. The van der Waals surface area contributed by atoms with Crippen molar-refractivity contribution in [2.45, 2.75) is 57.8 Å². The fourth-order valence-corrected chi connectivity index (χ4v) is 3.53. The molecule has 0 saturated heterocycles. The highest BCUT2D eigenvalue weighted by Crippen LogP contribution is 2.31. The Labute approximate surface area is 198 Å². The van der Waals surface area contributed by atoms with E-state index in [9.17, 15) is 14.4 Å². The molecule has 3 aromatic rings. The van der Waals surface area contributed by atoms with Gasteiger partial charge in [0, 0.05) is 19.0 Å². The fourth-order valence-electron chi connectivity index (χ4n) is 3.53. The van der Waals surface area contributed by atoms with Crippen LogP contribution < -0.4 is 15.5 Å². The maximum absolute atomic E-state index is 13.8. The second-order valence-corrected chi connectivity index (χ2v) is 8.69. The van der Waals surface area contributed by atoms with Crippen LogP contribution in [0.25, 0.3) is 0 Å². The summed E-state index contributed by atoms with van der Waals surface area (Å²) in [5.74, 6) is -0.236. The number of carbonyl (C=O) groups excluding carboxylic acids is 3. The minimum atomic E-state index is -1.16. The Balaban J connectivity index is 1.59. The predicted molar refractivity (Wildman–Crippen MR) is 116 cm³/mol.